The summed E-state index contributed by atoms with van der Waals surface area (Å²) >= 11 is 0. The van der Waals surface area contributed by atoms with E-state index in [9.17, 15) is 0 Å². The second-order valence-corrected chi connectivity index (χ2v) is 7.41. The van der Waals surface area contributed by atoms with E-state index in [4.69, 9.17) is 0 Å². The Labute approximate surface area is 133 Å². The average molecular weight is 289 g/mol. The van der Waals surface area contributed by atoms with Crippen LogP contribution in [0.4, 0.5) is 0 Å². The molecule has 0 aliphatic heterocycles. The molecule has 0 nitrogen and oxygen atoms in total. The van der Waals surface area contributed by atoms with Crippen LogP contribution in [0.15, 0.2) is 12.1 Å². The summed E-state index contributed by atoms with van der Waals surface area (Å²) < 4.78 is 0. The minimum absolute atomic E-state index is 0.670. The molecule has 0 spiro atoms. The van der Waals surface area contributed by atoms with Crippen molar-refractivity contribution in [1.82, 2.24) is 0 Å². The predicted octanol–water partition coefficient (Wildman–Crippen LogP) is 6.99. The van der Waals surface area contributed by atoms with E-state index in [2.05, 4.69) is 67.5 Å². The molecule has 0 saturated heterocycles. The second kappa shape index (κ2) is 8.01. The van der Waals surface area contributed by atoms with Crippen LogP contribution in [0.2, 0.25) is 0 Å². The van der Waals surface area contributed by atoms with E-state index in [1.54, 1.807) is 11.1 Å². The lowest BCUT2D eigenvalue weighted by Gasteiger charge is -2.30. The van der Waals surface area contributed by atoms with Gasteiger partial charge in [-0.15, -0.1) is 0 Å². The Hall–Kier alpha value is -0.780. The maximum absolute atomic E-state index is 2.49. The van der Waals surface area contributed by atoms with Gasteiger partial charge in [0.25, 0.3) is 0 Å². The highest BCUT2D eigenvalue weighted by Crippen LogP contribution is 2.38. The highest BCUT2D eigenvalue weighted by atomic mass is 14.3. The Balaban J connectivity index is 3.24. The molecule has 3 unspecified atom stereocenters. The fraction of sp³-hybridized carbons (Fsp3) is 0.714. The molecule has 0 N–H and O–H groups in total. The number of aryl methyl sites for hydroxylation is 2. The maximum Gasteiger partial charge on any atom is -0.0110 e. The van der Waals surface area contributed by atoms with Crippen molar-refractivity contribution in [3.05, 3.63) is 34.4 Å². The number of rotatable bonds is 7. The van der Waals surface area contributed by atoms with Gasteiger partial charge in [-0.2, -0.15) is 0 Å². The summed E-state index contributed by atoms with van der Waals surface area (Å²) in [6, 6.07) is 4.96. The van der Waals surface area contributed by atoms with Crippen LogP contribution in [-0.4, -0.2) is 0 Å². The van der Waals surface area contributed by atoms with Crippen LogP contribution in [0.5, 0.6) is 0 Å². The van der Waals surface area contributed by atoms with Crippen LogP contribution in [0, 0.1) is 25.7 Å². The van der Waals surface area contributed by atoms with E-state index < -0.39 is 0 Å². The van der Waals surface area contributed by atoms with E-state index in [-0.39, 0.29) is 0 Å². The van der Waals surface area contributed by atoms with Crippen LogP contribution < -0.4 is 0 Å². The van der Waals surface area contributed by atoms with E-state index in [1.165, 1.54) is 30.4 Å². The van der Waals surface area contributed by atoms with Gasteiger partial charge in [-0.05, 0) is 66.2 Å². The van der Waals surface area contributed by atoms with Crippen LogP contribution in [0.1, 0.15) is 94.9 Å². The first kappa shape index (κ1) is 18.3. The molecule has 21 heavy (non-hydrogen) atoms. The normalized spacial score (nSPS) is 16.0. The zero-order valence-electron chi connectivity index (χ0n) is 15.6. The van der Waals surface area contributed by atoms with Gasteiger partial charge in [0, 0.05) is 0 Å². The van der Waals surface area contributed by atoms with Gasteiger partial charge in [0.05, 0.1) is 0 Å². The Kier molecular flexibility index (Phi) is 6.97. The molecule has 0 aromatic heterocycles. The SMILES string of the molecule is CCCC(C)C(c1cc(C)c(C(C)CC)cc1C)C(C)C. The van der Waals surface area contributed by atoms with Crippen LogP contribution >= 0.6 is 0 Å². The standard InChI is InChI=1S/C21H36/c1-9-11-16(6)21(14(3)4)20-13-17(7)19(12-18(20)8)15(5)10-2/h12-16,21H,9-11H2,1-8H3. The molecule has 0 aliphatic rings. The molecule has 0 heteroatoms. The van der Waals surface area contributed by atoms with Gasteiger partial charge in [-0.3, -0.25) is 0 Å². The van der Waals surface area contributed by atoms with Crippen molar-refractivity contribution in [3.8, 4) is 0 Å². The molecule has 0 saturated carbocycles. The highest BCUT2D eigenvalue weighted by molar-refractivity contribution is 5.41. The van der Waals surface area contributed by atoms with Gasteiger partial charge in [-0.1, -0.05) is 66.5 Å². The molecule has 0 bridgehead atoms. The van der Waals surface area contributed by atoms with Crippen molar-refractivity contribution in [3.63, 3.8) is 0 Å². The van der Waals surface area contributed by atoms with Crippen molar-refractivity contribution in [1.29, 1.82) is 0 Å². The summed E-state index contributed by atoms with van der Waals surface area (Å²) in [7, 11) is 0. The van der Waals surface area contributed by atoms with Gasteiger partial charge in [0.15, 0.2) is 0 Å². The third-order valence-corrected chi connectivity index (χ3v) is 5.23. The number of benzene rings is 1. The molecule has 0 aliphatic carbocycles. The monoisotopic (exact) mass is 288 g/mol. The van der Waals surface area contributed by atoms with Crippen molar-refractivity contribution in [2.45, 2.75) is 86.5 Å². The van der Waals surface area contributed by atoms with Gasteiger partial charge < -0.3 is 0 Å². The molecular weight excluding hydrogens is 252 g/mol. The van der Waals surface area contributed by atoms with E-state index in [0.29, 0.717) is 17.8 Å². The molecule has 0 amide bonds. The van der Waals surface area contributed by atoms with Gasteiger partial charge >= 0.3 is 0 Å². The Bertz CT molecular complexity index is 442. The van der Waals surface area contributed by atoms with Crippen molar-refractivity contribution in [2.75, 3.05) is 0 Å². The first-order valence-corrected chi connectivity index (χ1v) is 8.94. The largest absolute Gasteiger partial charge is 0.0654 e. The van der Waals surface area contributed by atoms with Gasteiger partial charge in [0.1, 0.15) is 0 Å². The summed E-state index contributed by atoms with van der Waals surface area (Å²) in [5, 5.41) is 0. The highest BCUT2D eigenvalue weighted by Gasteiger charge is 2.24. The van der Waals surface area contributed by atoms with Crippen molar-refractivity contribution >= 4 is 0 Å². The fourth-order valence-corrected chi connectivity index (χ4v) is 3.93. The van der Waals surface area contributed by atoms with E-state index in [0.717, 1.165) is 5.92 Å². The fourth-order valence-electron chi connectivity index (χ4n) is 3.93. The number of hydrogen-bond acceptors (Lipinski definition) is 0. The minimum Gasteiger partial charge on any atom is -0.0654 e. The molecule has 1 aromatic rings. The molecule has 1 aromatic carbocycles. The summed E-state index contributed by atoms with van der Waals surface area (Å²) in [5.74, 6) is 2.83. The molecule has 0 fully saturated rings. The first-order chi connectivity index (χ1) is 9.83. The Morgan fingerprint density at radius 1 is 0.857 bits per heavy atom. The Morgan fingerprint density at radius 3 is 1.86 bits per heavy atom. The smallest absolute Gasteiger partial charge is 0.0110 e. The predicted molar refractivity (Wildman–Crippen MR) is 96.3 cm³/mol. The molecule has 3 atom stereocenters. The van der Waals surface area contributed by atoms with Crippen molar-refractivity contribution < 1.29 is 0 Å². The lowest BCUT2D eigenvalue weighted by Crippen LogP contribution is -2.17. The molecule has 0 heterocycles. The van der Waals surface area contributed by atoms with Crippen LogP contribution in [-0.2, 0) is 0 Å². The first-order valence-electron chi connectivity index (χ1n) is 8.94. The number of hydrogen-bond donors (Lipinski definition) is 0. The van der Waals surface area contributed by atoms with Crippen molar-refractivity contribution in [2.24, 2.45) is 11.8 Å². The summed E-state index contributed by atoms with van der Waals surface area (Å²) in [6.45, 7) is 18.8. The van der Waals surface area contributed by atoms with Crippen LogP contribution in [0.25, 0.3) is 0 Å². The van der Waals surface area contributed by atoms with Crippen LogP contribution in [0.3, 0.4) is 0 Å². The van der Waals surface area contributed by atoms with E-state index >= 15 is 0 Å². The average Bonchev–Trinajstić information content (AvgIpc) is 2.41. The molecule has 120 valence electrons. The molecule has 1 rings (SSSR count). The second-order valence-electron chi connectivity index (χ2n) is 7.41. The Morgan fingerprint density at radius 2 is 1.38 bits per heavy atom. The summed E-state index contributed by atoms with van der Waals surface area (Å²) in [5.41, 5.74) is 6.12. The molecule has 0 radical (unpaired) electrons. The third kappa shape index (κ3) is 4.34. The lowest BCUT2D eigenvalue weighted by atomic mass is 9.74. The summed E-state index contributed by atoms with van der Waals surface area (Å²) in [4.78, 5) is 0. The van der Waals surface area contributed by atoms with Gasteiger partial charge in [-0.25, -0.2) is 0 Å². The zero-order valence-corrected chi connectivity index (χ0v) is 15.6. The minimum atomic E-state index is 0.670. The molecular formula is C21H36. The van der Waals surface area contributed by atoms with Gasteiger partial charge in [0.2, 0.25) is 0 Å². The van der Waals surface area contributed by atoms with E-state index in [1.807, 2.05) is 0 Å². The quantitative estimate of drug-likeness (QED) is 0.507. The maximum atomic E-state index is 2.49. The lowest BCUT2D eigenvalue weighted by molar-refractivity contribution is 0.342. The topological polar surface area (TPSA) is 0 Å². The summed E-state index contributed by atoms with van der Waals surface area (Å²) in [6.07, 6.45) is 3.83. The third-order valence-electron chi connectivity index (χ3n) is 5.23. The zero-order chi connectivity index (χ0) is 16.2.